The topological polar surface area (TPSA) is 74.8 Å². The molecule has 3 aliphatic rings. The molecule has 1 aliphatic heterocycles. The van der Waals surface area contributed by atoms with Gasteiger partial charge in [0.2, 0.25) is 0 Å². The summed E-state index contributed by atoms with van der Waals surface area (Å²) in [5.74, 6) is -3.73. The third-order valence-electron chi connectivity index (χ3n) is 6.47. The summed E-state index contributed by atoms with van der Waals surface area (Å²) in [6.45, 7) is -0.535. The van der Waals surface area contributed by atoms with Gasteiger partial charge in [-0.1, -0.05) is 23.8 Å². The van der Waals surface area contributed by atoms with Crippen molar-refractivity contribution in [1.29, 1.82) is 0 Å². The van der Waals surface area contributed by atoms with Crippen LogP contribution in [0.15, 0.2) is 60.7 Å². The van der Waals surface area contributed by atoms with Crippen LogP contribution in [0.4, 0.5) is 4.39 Å². The summed E-state index contributed by atoms with van der Waals surface area (Å²) in [5.41, 5.74) is 0.349. The monoisotopic (exact) mass is 452 g/mol. The molecule has 3 amide bonds. The number of carbonyl (C=O) groups excluding carboxylic acids is 4. The second kappa shape index (κ2) is 7.67. The number of Topliss-reactive ketones (excluding diaryl/α,β-unsaturated/α-hetero) is 1. The Morgan fingerprint density at radius 3 is 2.00 bits per heavy atom. The first-order chi connectivity index (χ1) is 15.3. The Morgan fingerprint density at radius 2 is 1.44 bits per heavy atom. The number of benzene rings is 2. The Kier molecular flexibility index (Phi) is 4.93. The zero-order valence-electron chi connectivity index (χ0n) is 16.8. The molecule has 0 spiro atoms. The minimum Gasteiger partial charge on any atom is -0.292 e. The van der Waals surface area contributed by atoms with E-state index in [1.165, 1.54) is 36.4 Å². The minimum atomic E-state index is -0.667. The first-order valence-electron chi connectivity index (χ1n) is 10.3. The Bertz CT molecular complexity index is 1130. The number of hydrogen-bond donors (Lipinski definition) is 0. The number of fused-ring (bicyclic) bond motifs is 5. The lowest BCUT2D eigenvalue weighted by Gasteiger charge is -2.30. The van der Waals surface area contributed by atoms with Gasteiger partial charge in [-0.05, 0) is 66.8 Å². The molecule has 0 unspecified atom stereocenters. The SMILES string of the molecule is O=C(CN(C(=O)c1ccc(Cl)cc1)N1C(=O)[C@@H]2[C@@H](C1=O)[C@H]1C=C[C@H]2C1)c1ccc(F)cc1. The van der Waals surface area contributed by atoms with Gasteiger partial charge < -0.3 is 0 Å². The molecule has 6 nitrogen and oxygen atoms in total. The van der Waals surface area contributed by atoms with Crippen molar-refractivity contribution in [3.8, 4) is 0 Å². The highest BCUT2D eigenvalue weighted by Crippen LogP contribution is 2.52. The van der Waals surface area contributed by atoms with Gasteiger partial charge in [0.1, 0.15) is 12.4 Å². The maximum Gasteiger partial charge on any atom is 0.273 e. The van der Waals surface area contributed by atoms with E-state index in [2.05, 4.69) is 0 Å². The van der Waals surface area contributed by atoms with Crippen molar-refractivity contribution in [1.82, 2.24) is 10.0 Å². The van der Waals surface area contributed by atoms with Crippen LogP contribution in [0.3, 0.4) is 0 Å². The van der Waals surface area contributed by atoms with Crippen LogP contribution < -0.4 is 0 Å². The number of allylic oxidation sites excluding steroid dienone is 2. The molecule has 2 bridgehead atoms. The predicted molar refractivity (Wildman–Crippen MR) is 113 cm³/mol. The summed E-state index contributed by atoms with van der Waals surface area (Å²) in [4.78, 5) is 52.8. The van der Waals surface area contributed by atoms with E-state index >= 15 is 0 Å². The fourth-order valence-corrected chi connectivity index (χ4v) is 5.09. The average molecular weight is 453 g/mol. The lowest BCUT2D eigenvalue weighted by Crippen LogP contribution is -2.52. The molecule has 2 fully saturated rings. The summed E-state index contributed by atoms with van der Waals surface area (Å²) in [6.07, 6.45) is 4.66. The fourth-order valence-electron chi connectivity index (χ4n) is 4.96. The molecule has 1 heterocycles. The standard InChI is InChI=1S/C24H18ClFN2O4/c25-17-7-3-14(4-8-17)22(30)27(12-19(29)13-5-9-18(26)10-6-13)28-23(31)20-15-1-2-16(11-15)21(20)24(28)32/h1-10,15-16,20-21H,11-12H2/t15-,16-,20-,21-/m0/s1. The molecule has 1 saturated heterocycles. The zero-order chi connectivity index (χ0) is 22.6. The third kappa shape index (κ3) is 3.24. The predicted octanol–water partition coefficient (Wildman–Crippen LogP) is 3.53. The summed E-state index contributed by atoms with van der Waals surface area (Å²) in [5, 5.41) is 2.18. The number of nitrogens with zero attached hydrogens (tertiary/aromatic N) is 2. The van der Waals surface area contributed by atoms with Crippen molar-refractivity contribution in [3.63, 3.8) is 0 Å². The number of halogens is 2. The maximum atomic E-state index is 13.4. The number of imide groups is 1. The van der Waals surface area contributed by atoms with Crippen LogP contribution in [0.5, 0.6) is 0 Å². The highest BCUT2D eigenvalue weighted by molar-refractivity contribution is 6.30. The van der Waals surface area contributed by atoms with E-state index in [4.69, 9.17) is 11.6 Å². The molecule has 5 rings (SSSR count). The molecular formula is C24H18ClFN2O4. The minimum absolute atomic E-state index is 0.0354. The van der Waals surface area contributed by atoms with Gasteiger partial charge in [-0.2, -0.15) is 5.01 Å². The molecule has 8 heteroatoms. The molecule has 0 aromatic heterocycles. The molecule has 4 atom stereocenters. The van der Waals surface area contributed by atoms with E-state index in [9.17, 15) is 23.6 Å². The number of hydrazine groups is 1. The quantitative estimate of drug-likeness (QED) is 0.395. The van der Waals surface area contributed by atoms with Crippen LogP contribution in [0.2, 0.25) is 5.02 Å². The molecule has 1 saturated carbocycles. The Hall–Kier alpha value is -3.32. The lowest BCUT2D eigenvalue weighted by atomic mass is 9.85. The van der Waals surface area contributed by atoms with E-state index in [1.54, 1.807) is 0 Å². The maximum absolute atomic E-state index is 13.4. The van der Waals surface area contributed by atoms with Crippen molar-refractivity contribution in [2.24, 2.45) is 23.7 Å². The smallest absolute Gasteiger partial charge is 0.273 e. The van der Waals surface area contributed by atoms with Gasteiger partial charge in [0, 0.05) is 16.1 Å². The average Bonchev–Trinajstić information content (AvgIpc) is 3.47. The molecule has 2 aromatic rings. The summed E-state index contributed by atoms with van der Waals surface area (Å²) < 4.78 is 13.3. The molecular weight excluding hydrogens is 435 g/mol. The number of rotatable bonds is 5. The Balaban J connectivity index is 1.49. The van der Waals surface area contributed by atoms with Crippen molar-refractivity contribution >= 4 is 35.1 Å². The van der Waals surface area contributed by atoms with Gasteiger partial charge in [0.25, 0.3) is 17.7 Å². The van der Waals surface area contributed by atoms with Crippen molar-refractivity contribution in [2.45, 2.75) is 6.42 Å². The van der Waals surface area contributed by atoms with Crippen molar-refractivity contribution in [2.75, 3.05) is 6.54 Å². The highest BCUT2D eigenvalue weighted by atomic mass is 35.5. The van der Waals surface area contributed by atoms with Crippen LogP contribution in [0.25, 0.3) is 0 Å². The van der Waals surface area contributed by atoms with Crippen molar-refractivity contribution < 1.29 is 23.6 Å². The normalized spacial score (nSPS) is 25.4. The van der Waals surface area contributed by atoms with Crippen LogP contribution in [0.1, 0.15) is 27.1 Å². The second-order valence-corrected chi connectivity index (χ2v) is 8.72. The van der Waals surface area contributed by atoms with Crippen LogP contribution in [-0.4, -0.2) is 40.1 Å². The van der Waals surface area contributed by atoms with E-state index in [0.29, 0.717) is 5.02 Å². The van der Waals surface area contributed by atoms with Crippen LogP contribution in [-0.2, 0) is 9.59 Å². The zero-order valence-corrected chi connectivity index (χ0v) is 17.5. The Labute approximate surface area is 188 Å². The van der Waals surface area contributed by atoms with Gasteiger partial charge in [0.05, 0.1) is 11.8 Å². The van der Waals surface area contributed by atoms with Crippen LogP contribution in [0, 0.1) is 29.5 Å². The van der Waals surface area contributed by atoms with E-state index in [-0.39, 0.29) is 23.0 Å². The van der Waals surface area contributed by atoms with Gasteiger partial charge in [0.15, 0.2) is 5.78 Å². The fraction of sp³-hybridized carbons (Fsp3) is 0.250. The number of amides is 3. The van der Waals surface area contributed by atoms with Crippen molar-refractivity contribution in [3.05, 3.63) is 82.6 Å². The Morgan fingerprint density at radius 1 is 0.906 bits per heavy atom. The van der Waals surface area contributed by atoms with E-state index in [1.807, 2.05) is 12.2 Å². The molecule has 0 N–H and O–H groups in total. The lowest BCUT2D eigenvalue weighted by molar-refractivity contribution is -0.154. The molecule has 0 radical (unpaired) electrons. The number of hydrogen-bond acceptors (Lipinski definition) is 4. The number of carbonyl (C=O) groups is 4. The summed E-state index contributed by atoms with van der Waals surface area (Å²) in [7, 11) is 0. The summed E-state index contributed by atoms with van der Waals surface area (Å²) >= 11 is 5.91. The molecule has 32 heavy (non-hydrogen) atoms. The second-order valence-electron chi connectivity index (χ2n) is 8.29. The molecule has 2 aromatic carbocycles. The van der Waals surface area contributed by atoms with Crippen LogP contribution >= 0.6 is 11.6 Å². The van der Waals surface area contributed by atoms with Gasteiger partial charge >= 0.3 is 0 Å². The highest BCUT2D eigenvalue weighted by Gasteiger charge is 2.61. The summed E-state index contributed by atoms with van der Waals surface area (Å²) in [6, 6.07) is 10.8. The van der Waals surface area contributed by atoms with E-state index in [0.717, 1.165) is 28.6 Å². The molecule has 2 aliphatic carbocycles. The van der Waals surface area contributed by atoms with E-state index < -0.39 is 47.7 Å². The first kappa shape index (κ1) is 20.6. The first-order valence-corrected chi connectivity index (χ1v) is 10.6. The third-order valence-corrected chi connectivity index (χ3v) is 6.73. The molecule has 162 valence electrons. The van der Waals surface area contributed by atoms with Gasteiger partial charge in [-0.3, -0.25) is 19.2 Å². The van der Waals surface area contributed by atoms with Gasteiger partial charge in [-0.15, -0.1) is 0 Å². The number of ketones is 1. The largest absolute Gasteiger partial charge is 0.292 e. The van der Waals surface area contributed by atoms with Gasteiger partial charge in [-0.25, -0.2) is 9.40 Å².